The first-order valence-electron chi connectivity index (χ1n) is 17.5. The molecule has 1 heterocycles. The minimum Gasteiger partial charge on any atom is -0.497 e. The Morgan fingerprint density at radius 1 is 0.759 bits per heavy atom. The molecule has 0 saturated heterocycles. The van der Waals surface area contributed by atoms with Crippen LogP contribution in [0, 0.1) is 5.92 Å². The van der Waals surface area contributed by atoms with Gasteiger partial charge in [0.1, 0.15) is 22.1 Å². The van der Waals surface area contributed by atoms with Crippen LogP contribution in [0.5, 0.6) is 17.2 Å². The number of nitrogens with zero attached hydrogens (tertiary/aromatic N) is 5. The molecule has 2 N–H and O–H groups in total. The van der Waals surface area contributed by atoms with Crippen LogP contribution in [0.25, 0.3) is 11.4 Å². The van der Waals surface area contributed by atoms with Gasteiger partial charge in [0.2, 0.25) is 10.0 Å². The molecule has 6 rings (SSSR count). The Kier molecular flexibility index (Phi) is 11.9. The lowest BCUT2D eigenvalue weighted by Gasteiger charge is -2.31. The van der Waals surface area contributed by atoms with Crippen molar-refractivity contribution in [3.63, 3.8) is 0 Å². The van der Waals surface area contributed by atoms with Gasteiger partial charge in [0.25, 0.3) is 0 Å². The smallest absolute Gasteiger partial charge is 0.417 e. The zero-order chi connectivity index (χ0) is 38.5. The van der Waals surface area contributed by atoms with Crippen LogP contribution in [0.4, 0.5) is 13.2 Å². The van der Waals surface area contributed by atoms with Gasteiger partial charge in [-0.05, 0) is 119 Å². The largest absolute Gasteiger partial charge is 0.497 e. The van der Waals surface area contributed by atoms with E-state index in [1.807, 2.05) is 0 Å². The van der Waals surface area contributed by atoms with E-state index in [0.717, 1.165) is 28.8 Å². The van der Waals surface area contributed by atoms with Crippen LogP contribution in [-0.4, -0.2) is 60.8 Å². The molecule has 4 aromatic carbocycles. The maximum Gasteiger partial charge on any atom is 0.417 e. The lowest BCUT2D eigenvalue weighted by molar-refractivity contribution is -0.139. The topological polar surface area (TPSA) is 135 Å². The number of tetrazole rings is 1. The maximum absolute atomic E-state index is 15.3. The first-order valence-corrected chi connectivity index (χ1v) is 19.0. The standard InChI is InChI=1S/C39H43F3N6O5S/c1-51-31-14-6-27(7-15-31)23-47(24-28-8-16-32(52-2)17-9-28)54(49,50)37-35(39(40,41)42)21-20-34(30-12-4-26(22-43)5-13-30)36(37)38-44-45-46-48(38)25-29-10-18-33(53-3)19-11-29/h6-11,14-21,26,30H,4-5,12-13,22-25,43H2,1-3H3. The number of methoxy groups -OCH3 is 3. The summed E-state index contributed by atoms with van der Waals surface area (Å²) in [7, 11) is -0.414. The van der Waals surface area contributed by atoms with Crippen molar-refractivity contribution in [2.24, 2.45) is 11.7 Å². The Balaban J connectivity index is 1.57. The van der Waals surface area contributed by atoms with E-state index < -0.39 is 26.7 Å². The molecule has 1 saturated carbocycles. The number of nitrogens with two attached hydrogens (primary N) is 1. The predicted octanol–water partition coefficient (Wildman–Crippen LogP) is 7.06. The van der Waals surface area contributed by atoms with Gasteiger partial charge in [-0.25, -0.2) is 13.1 Å². The molecule has 0 bridgehead atoms. The number of alkyl halides is 3. The number of benzene rings is 4. The molecule has 286 valence electrons. The predicted molar refractivity (Wildman–Crippen MR) is 197 cm³/mol. The number of hydrogen-bond acceptors (Lipinski definition) is 9. The Labute approximate surface area is 312 Å². The van der Waals surface area contributed by atoms with Gasteiger partial charge < -0.3 is 19.9 Å². The fourth-order valence-electron chi connectivity index (χ4n) is 6.99. The molecular formula is C39H43F3N6O5S. The second kappa shape index (κ2) is 16.6. The summed E-state index contributed by atoms with van der Waals surface area (Å²) in [5, 5.41) is 12.3. The molecule has 11 nitrogen and oxygen atoms in total. The lowest BCUT2D eigenvalue weighted by Crippen LogP contribution is -2.33. The quantitative estimate of drug-likeness (QED) is 0.126. The third-order valence-electron chi connectivity index (χ3n) is 10.00. The summed E-state index contributed by atoms with van der Waals surface area (Å²) >= 11 is 0. The average molecular weight is 765 g/mol. The van der Waals surface area contributed by atoms with Gasteiger partial charge in [-0.3, -0.25) is 0 Å². The van der Waals surface area contributed by atoms with Crippen molar-refractivity contribution < 1.29 is 35.8 Å². The highest BCUT2D eigenvalue weighted by molar-refractivity contribution is 7.89. The van der Waals surface area contributed by atoms with Gasteiger partial charge in [0.15, 0.2) is 5.82 Å². The lowest BCUT2D eigenvalue weighted by atomic mass is 9.77. The monoisotopic (exact) mass is 764 g/mol. The molecule has 1 aromatic heterocycles. The normalized spacial score (nSPS) is 16.4. The summed E-state index contributed by atoms with van der Waals surface area (Å²) in [4.78, 5) is -0.888. The Morgan fingerprint density at radius 3 is 1.72 bits per heavy atom. The van der Waals surface area contributed by atoms with Crippen LogP contribution in [0.1, 0.15) is 59.4 Å². The molecular weight excluding hydrogens is 722 g/mol. The fraction of sp³-hybridized carbons (Fsp3) is 0.359. The van der Waals surface area contributed by atoms with E-state index in [0.29, 0.717) is 53.3 Å². The number of halogens is 3. The summed E-state index contributed by atoms with van der Waals surface area (Å²) in [6.07, 6.45) is -2.32. The summed E-state index contributed by atoms with van der Waals surface area (Å²) in [5.74, 6) is 1.64. The first-order chi connectivity index (χ1) is 25.9. The van der Waals surface area contributed by atoms with E-state index in [9.17, 15) is 0 Å². The third-order valence-corrected chi connectivity index (χ3v) is 11.9. The highest BCUT2D eigenvalue weighted by atomic mass is 32.2. The van der Waals surface area contributed by atoms with Crippen molar-refractivity contribution in [3.05, 3.63) is 113 Å². The van der Waals surface area contributed by atoms with Crippen molar-refractivity contribution in [1.29, 1.82) is 0 Å². The zero-order valence-corrected chi connectivity index (χ0v) is 31.1. The molecule has 1 aliphatic rings. The maximum atomic E-state index is 15.3. The van der Waals surface area contributed by atoms with Gasteiger partial charge in [0.05, 0.1) is 33.4 Å². The molecule has 15 heteroatoms. The number of hydrogen-bond donors (Lipinski definition) is 1. The van der Waals surface area contributed by atoms with E-state index >= 15 is 21.6 Å². The van der Waals surface area contributed by atoms with Crippen LogP contribution in [0.2, 0.25) is 0 Å². The number of aromatic nitrogens is 4. The van der Waals surface area contributed by atoms with E-state index in [4.69, 9.17) is 19.9 Å². The summed E-state index contributed by atoms with van der Waals surface area (Å²) in [5.41, 5.74) is 6.79. The van der Waals surface area contributed by atoms with Gasteiger partial charge >= 0.3 is 6.18 Å². The summed E-state index contributed by atoms with van der Waals surface area (Å²) in [6.45, 7) is 0.0796. The van der Waals surface area contributed by atoms with E-state index in [1.54, 1.807) is 79.9 Å². The van der Waals surface area contributed by atoms with Crippen molar-refractivity contribution in [2.75, 3.05) is 27.9 Å². The molecule has 5 aromatic rings. The minimum atomic E-state index is -5.05. The molecule has 0 spiro atoms. The third kappa shape index (κ3) is 8.53. The molecule has 0 unspecified atom stereocenters. The molecule has 54 heavy (non-hydrogen) atoms. The molecule has 0 amide bonds. The highest BCUT2D eigenvalue weighted by Crippen LogP contribution is 2.47. The average Bonchev–Trinajstić information content (AvgIpc) is 3.65. The van der Waals surface area contributed by atoms with Crippen LogP contribution in [0.3, 0.4) is 0 Å². The van der Waals surface area contributed by atoms with Gasteiger partial charge in [0, 0.05) is 18.7 Å². The molecule has 1 aliphatic carbocycles. The Bertz CT molecular complexity index is 2070. The van der Waals surface area contributed by atoms with Crippen molar-refractivity contribution in [2.45, 2.75) is 62.3 Å². The fourth-order valence-corrected chi connectivity index (χ4v) is 8.81. The minimum absolute atomic E-state index is 0.0584. The molecule has 0 radical (unpaired) electrons. The van der Waals surface area contributed by atoms with E-state index in [2.05, 4.69) is 15.5 Å². The van der Waals surface area contributed by atoms with Crippen molar-refractivity contribution in [1.82, 2.24) is 24.5 Å². The van der Waals surface area contributed by atoms with Gasteiger partial charge in [-0.1, -0.05) is 42.5 Å². The second-order valence-corrected chi connectivity index (χ2v) is 15.2. The molecule has 1 fully saturated rings. The van der Waals surface area contributed by atoms with Crippen molar-refractivity contribution >= 4 is 10.0 Å². The van der Waals surface area contributed by atoms with Gasteiger partial charge in [-0.15, -0.1) is 5.10 Å². The molecule has 0 aliphatic heterocycles. The highest BCUT2D eigenvalue weighted by Gasteiger charge is 2.44. The first kappa shape index (κ1) is 38.7. The van der Waals surface area contributed by atoms with Crippen LogP contribution >= 0.6 is 0 Å². The second-order valence-electron chi connectivity index (χ2n) is 13.3. The van der Waals surface area contributed by atoms with Crippen LogP contribution in [0.15, 0.2) is 89.8 Å². The van der Waals surface area contributed by atoms with E-state index in [-0.39, 0.29) is 42.9 Å². The van der Waals surface area contributed by atoms with E-state index in [1.165, 1.54) is 25.0 Å². The van der Waals surface area contributed by atoms with Crippen LogP contribution in [-0.2, 0) is 35.8 Å². The number of ether oxygens (including phenoxy) is 3. The SMILES string of the molecule is COc1ccc(CN(Cc2ccc(OC)cc2)S(=O)(=O)c2c(C(F)(F)F)ccc(C3CCC(CN)CC3)c2-c2nnnn2Cc2ccc(OC)cc2)cc1. The number of sulfonamides is 1. The Hall–Kier alpha value is -4.99. The summed E-state index contributed by atoms with van der Waals surface area (Å²) < 4.78 is 94.7. The van der Waals surface area contributed by atoms with Gasteiger partial charge in [-0.2, -0.15) is 17.5 Å². The summed E-state index contributed by atoms with van der Waals surface area (Å²) in [6, 6.07) is 22.8. The molecule has 0 atom stereocenters. The van der Waals surface area contributed by atoms with Crippen molar-refractivity contribution in [3.8, 4) is 28.6 Å². The van der Waals surface area contributed by atoms with Crippen LogP contribution < -0.4 is 19.9 Å². The Morgan fingerprint density at radius 2 is 1.26 bits per heavy atom. The number of rotatable bonds is 14. The zero-order valence-electron chi connectivity index (χ0n) is 30.3.